The van der Waals surface area contributed by atoms with Crippen molar-refractivity contribution in [2.24, 2.45) is 5.16 Å². The fourth-order valence-electron chi connectivity index (χ4n) is 4.21. The summed E-state index contributed by atoms with van der Waals surface area (Å²) >= 11 is 3.40. The van der Waals surface area contributed by atoms with Gasteiger partial charge in [-0.15, -0.1) is 0 Å². The minimum absolute atomic E-state index is 0.157. The summed E-state index contributed by atoms with van der Waals surface area (Å²) in [5, 5.41) is 4.48. The van der Waals surface area contributed by atoms with Crippen LogP contribution in [0.25, 0.3) is 22.3 Å². The van der Waals surface area contributed by atoms with Gasteiger partial charge in [0.2, 0.25) is 0 Å². The molecule has 0 saturated carbocycles. The number of para-hydroxylation sites is 2. The lowest BCUT2D eigenvalue weighted by Crippen LogP contribution is -2.38. The minimum Gasteiger partial charge on any atom is -0.386 e. The van der Waals surface area contributed by atoms with Crippen LogP contribution in [0.4, 0.5) is 5.69 Å². The zero-order valence-corrected chi connectivity index (χ0v) is 22.6. The smallest absolute Gasteiger partial charge is 0.267 e. The molecule has 0 aliphatic rings. The van der Waals surface area contributed by atoms with Gasteiger partial charge in [-0.1, -0.05) is 93.9 Å². The molecule has 1 aromatic heterocycles. The van der Waals surface area contributed by atoms with Crippen LogP contribution in [0.1, 0.15) is 5.56 Å². The molecule has 0 aliphatic heterocycles. The Morgan fingerprint density at radius 1 is 0.897 bits per heavy atom. The molecule has 7 nitrogen and oxygen atoms in total. The first-order valence-electron chi connectivity index (χ1n) is 12.4. The maximum Gasteiger partial charge on any atom is 0.267 e. The van der Waals surface area contributed by atoms with E-state index in [1.54, 1.807) is 21.7 Å². The Balaban J connectivity index is 1.40. The number of carbonyl (C=O) groups excluding carboxylic acids is 1. The Morgan fingerprint density at radius 3 is 2.31 bits per heavy atom. The van der Waals surface area contributed by atoms with Crippen LogP contribution in [0.3, 0.4) is 0 Å². The number of anilines is 1. The van der Waals surface area contributed by atoms with Crippen LogP contribution in [0.15, 0.2) is 124 Å². The maximum atomic E-state index is 13.6. The topological polar surface area (TPSA) is 76.8 Å². The lowest BCUT2D eigenvalue weighted by atomic mass is 10.1. The van der Waals surface area contributed by atoms with E-state index < -0.39 is 0 Å². The molecule has 0 fully saturated rings. The van der Waals surface area contributed by atoms with E-state index in [9.17, 15) is 9.59 Å². The molecule has 5 aromatic rings. The van der Waals surface area contributed by atoms with Crippen molar-refractivity contribution in [2.45, 2.75) is 6.54 Å². The summed E-state index contributed by atoms with van der Waals surface area (Å²) in [6.45, 7) is 0.227. The summed E-state index contributed by atoms with van der Waals surface area (Å²) in [6.07, 6.45) is 1.55. The van der Waals surface area contributed by atoms with Crippen LogP contribution in [0.2, 0.25) is 0 Å². The number of hydrogen-bond acceptors (Lipinski definition) is 5. The summed E-state index contributed by atoms with van der Waals surface area (Å²) < 4.78 is 2.60. The molecule has 0 bridgehead atoms. The third-order valence-corrected chi connectivity index (χ3v) is 6.67. The largest absolute Gasteiger partial charge is 0.386 e. The predicted molar refractivity (Wildman–Crippen MR) is 158 cm³/mol. The summed E-state index contributed by atoms with van der Waals surface area (Å²) in [4.78, 5) is 38.6. The number of amides is 1. The standard InChI is InChI=1S/C31H25BrN4O3/c32-25-17-15-23(16-18-25)21-33-39-22-29(37)35(26-11-5-2-6-12-26)19-20-36-30(24-9-3-1-4-10-24)34-28-14-8-7-13-27(28)31(36)38/h1-18,21H,19-20,22H2. The highest BCUT2D eigenvalue weighted by molar-refractivity contribution is 9.10. The number of benzene rings is 4. The monoisotopic (exact) mass is 580 g/mol. The molecule has 5 rings (SSSR count). The molecule has 39 heavy (non-hydrogen) atoms. The number of hydrogen-bond donors (Lipinski definition) is 0. The molecule has 0 spiro atoms. The van der Waals surface area contributed by atoms with Gasteiger partial charge in [0.25, 0.3) is 11.5 Å². The molecule has 0 aliphatic carbocycles. The Labute approximate surface area is 234 Å². The molecule has 1 amide bonds. The van der Waals surface area contributed by atoms with E-state index in [1.165, 1.54) is 0 Å². The maximum absolute atomic E-state index is 13.6. The van der Waals surface area contributed by atoms with Gasteiger partial charge in [-0.2, -0.15) is 0 Å². The van der Waals surface area contributed by atoms with Crippen molar-refractivity contribution in [1.29, 1.82) is 0 Å². The second kappa shape index (κ2) is 12.3. The first-order chi connectivity index (χ1) is 19.1. The quantitative estimate of drug-likeness (QED) is 0.160. The van der Waals surface area contributed by atoms with Gasteiger partial charge in [-0.3, -0.25) is 14.2 Å². The highest BCUT2D eigenvalue weighted by Gasteiger charge is 2.19. The molecule has 0 N–H and O–H groups in total. The van der Waals surface area contributed by atoms with Gasteiger partial charge < -0.3 is 9.74 Å². The highest BCUT2D eigenvalue weighted by Crippen LogP contribution is 2.20. The molecule has 0 radical (unpaired) electrons. The zero-order chi connectivity index (χ0) is 27.0. The third kappa shape index (κ3) is 6.30. The average Bonchev–Trinajstić information content (AvgIpc) is 2.98. The van der Waals surface area contributed by atoms with Crippen molar-refractivity contribution >= 4 is 44.6 Å². The minimum atomic E-state index is -0.280. The first-order valence-corrected chi connectivity index (χ1v) is 13.2. The van der Waals surface area contributed by atoms with E-state index in [0.29, 0.717) is 22.4 Å². The van der Waals surface area contributed by atoms with Crippen LogP contribution >= 0.6 is 15.9 Å². The van der Waals surface area contributed by atoms with Crippen LogP contribution in [0, 0.1) is 0 Å². The van der Waals surface area contributed by atoms with E-state index in [0.717, 1.165) is 15.6 Å². The van der Waals surface area contributed by atoms with E-state index >= 15 is 0 Å². The van der Waals surface area contributed by atoms with Crippen molar-refractivity contribution in [1.82, 2.24) is 9.55 Å². The molecular weight excluding hydrogens is 556 g/mol. The highest BCUT2D eigenvalue weighted by atomic mass is 79.9. The van der Waals surface area contributed by atoms with Gasteiger partial charge in [0, 0.05) is 28.8 Å². The Morgan fingerprint density at radius 2 is 1.56 bits per heavy atom. The van der Waals surface area contributed by atoms with Gasteiger partial charge in [-0.25, -0.2) is 4.98 Å². The summed E-state index contributed by atoms with van der Waals surface area (Å²) in [6, 6.07) is 33.7. The lowest BCUT2D eigenvalue weighted by molar-refractivity contribution is -0.123. The molecule has 0 saturated heterocycles. The fourth-order valence-corrected chi connectivity index (χ4v) is 4.47. The molecular formula is C31H25BrN4O3. The van der Waals surface area contributed by atoms with Gasteiger partial charge >= 0.3 is 0 Å². The van der Waals surface area contributed by atoms with Gasteiger partial charge in [0.15, 0.2) is 6.61 Å². The second-order valence-electron chi connectivity index (χ2n) is 8.72. The second-order valence-corrected chi connectivity index (χ2v) is 9.63. The van der Waals surface area contributed by atoms with Crippen LogP contribution < -0.4 is 10.5 Å². The number of nitrogens with zero attached hydrogens (tertiary/aromatic N) is 4. The van der Waals surface area contributed by atoms with Crippen molar-refractivity contribution in [3.63, 3.8) is 0 Å². The van der Waals surface area contributed by atoms with Crippen molar-refractivity contribution in [3.8, 4) is 11.4 Å². The van der Waals surface area contributed by atoms with E-state index in [-0.39, 0.29) is 31.2 Å². The number of aromatic nitrogens is 2. The lowest BCUT2D eigenvalue weighted by Gasteiger charge is -2.23. The molecule has 194 valence electrons. The number of fused-ring (bicyclic) bond motifs is 1. The predicted octanol–water partition coefficient (Wildman–Crippen LogP) is 5.91. The SMILES string of the molecule is O=C(CON=Cc1ccc(Br)cc1)N(CCn1c(-c2ccccc2)nc2ccccc2c1=O)c1ccccc1. The van der Waals surface area contributed by atoms with Gasteiger partial charge in [0.1, 0.15) is 5.82 Å². The van der Waals surface area contributed by atoms with Crippen LogP contribution in [-0.4, -0.2) is 34.8 Å². The third-order valence-electron chi connectivity index (χ3n) is 6.14. The summed E-state index contributed by atoms with van der Waals surface area (Å²) in [5.41, 5.74) is 2.85. The molecule has 4 aromatic carbocycles. The first kappa shape index (κ1) is 26.1. The number of rotatable bonds is 9. The van der Waals surface area contributed by atoms with Crippen LogP contribution in [-0.2, 0) is 16.2 Å². The Kier molecular flexibility index (Phi) is 8.23. The van der Waals surface area contributed by atoms with Crippen molar-refractivity contribution in [2.75, 3.05) is 18.1 Å². The van der Waals surface area contributed by atoms with Gasteiger partial charge in [-0.05, 0) is 42.0 Å². The van der Waals surface area contributed by atoms with E-state index in [1.807, 2.05) is 103 Å². The molecule has 0 unspecified atom stereocenters. The number of oxime groups is 1. The average molecular weight is 581 g/mol. The summed E-state index contributed by atoms with van der Waals surface area (Å²) in [5.74, 6) is 0.271. The number of carbonyl (C=O) groups is 1. The van der Waals surface area contributed by atoms with E-state index in [2.05, 4.69) is 21.1 Å². The van der Waals surface area contributed by atoms with Crippen LogP contribution in [0.5, 0.6) is 0 Å². The number of halogens is 1. The normalized spacial score (nSPS) is 11.1. The summed E-state index contributed by atoms with van der Waals surface area (Å²) in [7, 11) is 0. The molecule has 1 heterocycles. The zero-order valence-electron chi connectivity index (χ0n) is 21.0. The molecule has 8 heteroatoms. The fraction of sp³-hybridized carbons (Fsp3) is 0.0968. The Hall–Kier alpha value is -4.56. The van der Waals surface area contributed by atoms with Crippen molar-refractivity contribution < 1.29 is 9.63 Å². The van der Waals surface area contributed by atoms with E-state index in [4.69, 9.17) is 9.82 Å². The van der Waals surface area contributed by atoms with Crippen molar-refractivity contribution in [3.05, 3.63) is 130 Å². The van der Waals surface area contributed by atoms with Gasteiger partial charge in [0.05, 0.1) is 17.1 Å². The molecule has 0 atom stereocenters. The Bertz CT molecular complexity index is 1650.